The molecule has 8 heteroatoms. The number of halogens is 1. The van der Waals surface area contributed by atoms with Crippen LogP contribution < -0.4 is 4.90 Å². The molecule has 0 spiro atoms. The van der Waals surface area contributed by atoms with Crippen LogP contribution >= 0.6 is 23.4 Å². The zero-order chi connectivity index (χ0) is 19.9. The van der Waals surface area contributed by atoms with E-state index in [0.717, 1.165) is 5.69 Å². The van der Waals surface area contributed by atoms with Crippen molar-refractivity contribution in [3.8, 4) is 17.5 Å². The number of rotatable bonds is 7. The molecule has 0 saturated carbocycles. The summed E-state index contributed by atoms with van der Waals surface area (Å²) >= 11 is 7.17. The molecular formula is C20H17ClN4O2S. The largest absolute Gasteiger partial charge is 0.411 e. The van der Waals surface area contributed by atoms with E-state index < -0.39 is 5.25 Å². The van der Waals surface area contributed by atoms with E-state index in [0.29, 0.717) is 28.2 Å². The summed E-state index contributed by atoms with van der Waals surface area (Å²) < 4.78 is 5.67. The highest BCUT2D eigenvalue weighted by Crippen LogP contribution is 2.29. The lowest BCUT2D eigenvalue weighted by molar-refractivity contribution is -0.117. The van der Waals surface area contributed by atoms with Gasteiger partial charge >= 0.3 is 0 Å². The maximum Gasteiger partial charge on any atom is 0.277 e. The van der Waals surface area contributed by atoms with Gasteiger partial charge in [-0.05, 0) is 37.3 Å². The highest BCUT2D eigenvalue weighted by Gasteiger charge is 2.25. The molecule has 0 aliphatic heterocycles. The fraction of sp³-hybridized carbons (Fsp3) is 0.200. The van der Waals surface area contributed by atoms with E-state index in [2.05, 4.69) is 16.3 Å². The second-order valence-corrected chi connectivity index (χ2v) is 7.61. The van der Waals surface area contributed by atoms with E-state index in [1.807, 2.05) is 36.4 Å². The number of nitriles is 1. The van der Waals surface area contributed by atoms with Crippen molar-refractivity contribution in [1.82, 2.24) is 10.2 Å². The van der Waals surface area contributed by atoms with E-state index >= 15 is 0 Å². The zero-order valence-corrected chi connectivity index (χ0v) is 16.7. The first kappa shape index (κ1) is 19.9. The smallest absolute Gasteiger partial charge is 0.277 e. The Morgan fingerprint density at radius 2 is 2.04 bits per heavy atom. The number of hydrogen-bond acceptors (Lipinski definition) is 6. The van der Waals surface area contributed by atoms with Crippen molar-refractivity contribution in [2.45, 2.75) is 23.8 Å². The topological polar surface area (TPSA) is 83.0 Å². The van der Waals surface area contributed by atoms with Gasteiger partial charge in [-0.25, -0.2) is 0 Å². The predicted octanol–water partition coefficient (Wildman–Crippen LogP) is 4.82. The maximum absolute atomic E-state index is 13.0. The van der Waals surface area contributed by atoms with Gasteiger partial charge in [0.25, 0.3) is 5.22 Å². The minimum absolute atomic E-state index is 0.131. The number of thioether (sulfide) groups is 1. The molecule has 0 aliphatic rings. The lowest BCUT2D eigenvalue weighted by Crippen LogP contribution is -2.37. The molecule has 6 nitrogen and oxygen atoms in total. The van der Waals surface area contributed by atoms with Crippen molar-refractivity contribution < 1.29 is 9.21 Å². The van der Waals surface area contributed by atoms with Gasteiger partial charge in [0.2, 0.25) is 11.8 Å². The van der Waals surface area contributed by atoms with Gasteiger partial charge in [0.15, 0.2) is 0 Å². The minimum atomic E-state index is -0.466. The Morgan fingerprint density at radius 3 is 2.75 bits per heavy atom. The van der Waals surface area contributed by atoms with Crippen molar-refractivity contribution in [2.75, 3.05) is 11.4 Å². The molecule has 1 atom stereocenters. The predicted molar refractivity (Wildman–Crippen MR) is 109 cm³/mol. The van der Waals surface area contributed by atoms with E-state index in [1.165, 1.54) is 11.8 Å². The van der Waals surface area contributed by atoms with Gasteiger partial charge in [-0.15, -0.1) is 10.2 Å². The molecule has 0 N–H and O–H groups in total. The summed E-state index contributed by atoms with van der Waals surface area (Å²) in [6.45, 7) is 2.10. The summed E-state index contributed by atoms with van der Waals surface area (Å²) in [5.41, 5.74) is 1.46. The third-order valence-corrected chi connectivity index (χ3v) is 5.04. The molecule has 0 radical (unpaired) electrons. The number of anilines is 1. The summed E-state index contributed by atoms with van der Waals surface area (Å²) in [7, 11) is 0. The highest BCUT2D eigenvalue weighted by molar-refractivity contribution is 8.00. The van der Waals surface area contributed by atoms with Gasteiger partial charge in [-0.1, -0.05) is 47.6 Å². The van der Waals surface area contributed by atoms with Gasteiger partial charge in [-0.2, -0.15) is 5.26 Å². The van der Waals surface area contributed by atoms with Crippen LogP contribution in [0.3, 0.4) is 0 Å². The van der Waals surface area contributed by atoms with Crippen molar-refractivity contribution in [2.24, 2.45) is 0 Å². The van der Waals surface area contributed by atoms with Gasteiger partial charge in [0.1, 0.15) is 0 Å². The second kappa shape index (κ2) is 9.40. The van der Waals surface area contributed by atoms with E-state index in [1.54, 1.807) is 30.0 Å². The number of nitrogens with zero attached hydrogens (tertiary/aromatic N) is 4. The third-order valence-electron chi connectivity index (χ3n) is 3.88. The fourth-order valence-corrected chi connectivity index (χ4v) is 3.49. The van der Waals surface area contributed by atoms with Gasteiger partial charge in [0, 0.05) is 22.8 Å². The molecule has 1 aromatic heterocycles. The van der Waals surface area contributed by atoms with Crippen molar-refractivity contribution >= 4 is 35.0 Å². The van der Waals surface area contributed by atoms with Crippen molar-refractivity contribution in [3.05, 3.63) is 59.6 Å². The molecule has 142 valence electrons. The Kier molecular flexibility index (Phi) is 6.69. The van der Waals surface area contributed by atoms with Crippen LogP contribution in [0.2, 0.25) is 5.02 Å². The molecule has 0 fully saturated rings. The fourth-order valence-electron chi connectivity index (χ4n) is 2.55. The van der Waals surface area contributed by atoms with E-state index in [-0.39, 0.29) is 12.3 Å². The quantitative estimate of drug-likeness (QED) is 0.517. The average Bonchev–Trinajstić information content (AvgIpc) is 3.17. The molecule has 0 bridgehead atoms. The number of hydrogen-bond donors (Lipinski definition) is 0. The Bertz CT molecular complexity index is 987. The van der Waals surface area contributed by atoms with Crippen LogP contribution in [-0.2, 0) is 4.79 Å². The number of carbonyl (C=O) groups is 1. The summed E-state index contributed by atoms with van der Waals surface area (Å²) in [6, 6.07) is 18.5. The van der Waals surface area contributed by atoms with Crippen LogP contribution in [0.1, 0.15) is 13.3 Å². The normalized spacial score (nSPS) is 11.6. The summed E-state index contributed by atoms with van der Waals surface area (Å²) in [5.74, 6) is 0.211. The lowest BCUT2D eigenvalue weighted by Gasteiger charge is -2.24. The molecule has 1 heterocycles. The Hall–Kier alpha value is -2.82. The van der Waals surface area contributed by atoms with Gasteiger partial charge in [-0.3, -0.25) is 4.79 Å². The number of carbonyl (C=O) groups excluding carboxylic acids is 1. The number of aromatic nitrogens is 2. The molecule has 2 aromatic carbocycles. The van der Waals surface area contributed by atoms with Crippen LogP contribution in [0.15, 0.2) is 64.2 Å². The Morgan fingerprint density at radius 1 is 1.25 bits per heavy atom. The van der Waals surface area contributed by atoms with Crippen LogP contribution in [0.4, 0.5) is 5.69 Å². The molecule has 1 unspecified atom stereocenters. The zero-order valence-electron chi connectivity index (χ0n) is 15.1. The van der Waals surface area contributed by atoms with Crippen molar-refractivity contribution in [1.29, 1.82) is 5.26 Å². The van der Waals surface area contributed by atoms with Crippen molar-refractivity contribution in [3.63, 3.8) is 0 Å². The van der Waals surface area contributed by atoms with Gasteiger partial charge in [0.05, 0.1) is 17.7 Å². The Labute approximate surface area is 172 Å². The number of benzene rings is 2. The van der Waals surface area contributed by atoms with Crippen LogP contribution in [0, 0.1) is 11.3 Å². The molecule has 3 aromatic rings. The highest BCUT2D eigenvalue weighted by atomic mass is 35.5. The van der Waals surface area contributed by atoms with Crippen LogP contribution in [-0.4, -0.2) is 27.9 Å². The summed E-state index contributed by atoms with van der Waals surface area (Å²) in [5, 5.41) is 17.4. The summed E-state index contributed by atoms with van der Waals surface area (Å²) in [6.07, 6.45) is 0.248. The minimum Gasteiger partial charge on any atom is -0.411 e. The molecule has 0 aliphatic carbocycles. The second-order valence-electron chi connectivity index (χ2n) is 5.88. The van der Waals surface area contributed by atoms with Gasteiger partial charge < -0.3 is 9.32 Å². The molecule has 0 saturated heterocycles. The standard InChI is InChI=1S/C20H17ClN4O2S/c1-14(19(26)25(12-6-11-22)17-9-3-2-4-10-17)28-20-24-23-18(27-20)15-7-5-8-16(21)13-15/h2-5,7-10,13-14H,6,12H2,1H3. The first-order chi connectivity index (χ1) is 13.6. The van der Waals surface area contributed by atoms with Crippen LogP contribution in [0.25, 0.3) is 11.5 Å². The first-order valence-corrected chi connectivity index (χ1v) is 9.83. The third kappa shape index (κ3) is 4.91. The van der Waals surface area contributed by atoms with Crippen LogP contribution in [0.5, 0.6) is 0 Å². The SMILES string of the molecule is CC(Sc1nnc(-c2cccc(Cl)c2)o1)C(=O)N(CCC#N)c1ccccc1. The summed E-state index contributed by atoms with van der Waals surface area (Å²) in [4.78, 5) is 14.6. The average molecular weight is 413 g/mol. The maximum atomic E-state index is 13.0. The monoisotopic (exact) mass is 412 g/mol. The molecule has 3 rings (SSSR count). The molecule has 28 heavy (non-hydrogen) atoms. The first-order valence-electron chi connectivity index (χ1n) is 8.58. The Balaban J connectivity index is 1.73. The molecular weight excluding hydrogens is 396 g/mol. The lowest BCUT2D eigenvalue weighted by atomic mass is 10.2. The molecule has 1 amide bonds. The number of amides is 1. The van der Waals surface area contributed by atoms with E-state index in [9.17, 15) is 4.79 Å². The number of para-hydroxylation sites is 1. The van der Waals surface area contributed by atoms with E-state index in [4.69, 9.17) is 21.3 Å².